The van der Waals surface area contributed by atoms with Gasteiger partial charge >= 0.3 is 0 Å². The van der Waals surface area contributed by atoms with Crippen molar-refractivity contribution in [2.45, 2.75) is 0 Å². The predicted molar refractivity (Wildman–Crippen MR) is 113 cm³/mol. The number of anilines is 1. The van der Waals surface area contributed by atoms with Crippen LogP contribution in [0.1, 0.15) is 26.3 Å². The fourth-order valence-electron chi connectivity index (χ4n) is 3.62. The fourth-order valence-corrected chi connectivity index (χ4v) is 3.62. The number of nitrogens with one attached hydrogen (secondary N) is 3. The summed E-state index contributed by atoms with van der Waals surface area (Å²) in [5.41, 5.74) is 6.70. The van der Waals surface area contributed by atoms with E-state index in [0.29, 0.717) is 16.8 Å². The van der Waals surface area contributed by atoms with Gasteiger partial charge in [-0.2, -0.15) is 5.10 Å². The highest BCUT2D eigenvalue weighted by Crippen LogP contribution is 2.34. The van der Waals surface area contributed by atoms with E-state index in [9.17, 15) is 14.0 Å². The molecular formula is C23H15FN4O2. The number of carbonyl (C=O) groups excluding carboxylic acids is 2. The van der Waals surface area contributed by atoms with Gasteiger partial charge in [0.05, 0.1) is 17.5 Å². The maximum Gasteiger partial charge on any atom is 0.272 e. The van der Waals surface area contributed by atoms with Gasteiger partial charge in [0, 0.05) is 27.7 Å². The molecule has 0 fully saturated rings. The van der Waals surface area contributed by atoms with Gasteiger partial charge in [0.25, 0.3) is 11.8 Å². The zero-order valence-electron chi connectivity index (χ0n) is 15.6. The van der Waals surface area contributed by atoms with Crippen LogP contribution in [0.2, 0.25) is 0 Å². The van der Waals surface area contributed by atoms with Crippen LogP contribution in [-0.2, 0) is 0 Å². The smallest absolute Gasteiger partial charge is 0.272 e. The summed E-state index contributed by atoms with van der Waals surface area (Å²) in [6, 6.07) is 18.5. The molecule has 2 heterocycles. The molecule has 0 radical (unpaired) electrons. The number of H-pyrrole nitrogens is 1. The van der Waals surface area contributed by atoms with Crippen LogP contribution in [0.4, 0.5) is 10.1 Å². The highest BCUT2D eigenvalue weighted by atomic mass is 19.1. The molecule has 1 aliphatic rings. The number of aromatic nitrogens is 1. The summed E-state index contributed by atoms with van der Waals surface area (Å²) in [5.74, 6) is -1.35. The van der Waals surface area contributed by atoms with E-state index in [0.717, 1.165) is 28.3 Å². The minimum atomic E-state index is -0.497. The Kier molecular flexibility index (Phi) is 4.14. The first kappa shape index (κ1) is 17.8. The van der Waals surface area contributed by atoms with Crippen LogP contribution in [0.15, 0.2) is 71.8 Å². The number of hydrazone groups is 1. The molecule has 3 aromatic carbocycles. The van der Waals surface area contributed by atoms with Crippen molar-refractivity contribution >= 4 is 34.6 Å². The van der Waals surface area contributed by atoms with E-state index in [4.69, 9.17) is 0 Å². The molecule has 0 saturated carbocycles. The maximum atomic E-state index is 13.5. The van der Waals surface area contributed by atoms with Gasteiger partial charge in [0.2, 0.25) is 0 Å². The second-order valence-electron chi connectivity index (χ2n) is 6.89. The van der Waals surface area contributed by atoms with Crippen LogP contribution in [0.25, 0.3) is 22.2 Å². The molecule has 1 aromatic heterocycles. The van der Waals surface area contributed by atoms with Gasteiger partial charge in [0.1, 0.15) is 5.82 Å². The van der Waals surface area contributed by atoms with Gasteiger partial charge in [0.15, 0.2) is 0 Å². The summed E-state index contributed by atoms with van der Waals surface area (Å²) in [5, 5.41) is 7.48. The van der Waals surface area contributed by atoms with Crippen molar-refractivity contribution in [2.24, 2.45) is 5.10 Å². The molecule has 30 heavy (non-hydrogen) atoms. The molecule has 3 N–H and O–H groups in total. The van der Waals surface area contributed by atoms with Gasteiger partial charge in [-0.1, -0.05) is 36.4 Å². The van der Waals surface area contributed by atoms with Crippen LogP contribution in [0.3, 0.4) is 0 Å². The van der Waals surface area contributed by atoms with Crippen LogP contribution in [-0.4, -0.2) is 23.0 Å². The van der Waals surface area contributed by atoms with Crippen LogP contribution in [0, 0.1) is 5.82 Å². The molecular weight excluding hydrogens is 383 g/mol. The van der Waals surface area contributed by atoms with E-state index in [1.165, 1.54) is 18.2 Å². The fraction of sp³-hybridized carbons (Fsp3) is 0. The molecule has 146 valence electrons. The van der Waals surface area contributed by atoms with E-state index < -0.39 is 11.7 Å². The van der Waals surface area contributed by atoms with Gasteiger partial charge in [-0.3, -0.25) is 9.59 Å². The highest BCUT2D eigenvalue weighted by Gasteiger charge is 2.22. The lowest BCUT2D eigenvalue weighted by Crippen LogP contribution is -2.17. The van der Waals surface area contributed by atoms with Crippen molar-refractivity contribution in [1.29, 1.82) is 0 Å². The van der Waals surface area contributed by atoms with Gasteiger partial charge in [-0.25, -0.2) is 9.82 Å². The number of benzene rings is 3. The predicted octanol–water partition coefficient (Wildman–Crippen LogP) is 4.30. The standard InChI is InChI=1S/C23H15FN4O2/c24-15-8-4-7-14(9-15)22(29)26-16-10-17-20-18(12-25-28-23(17)30)21(27-19(20)11-16)13-5-2-1-3-6-13/h1-12,27H,(H,26,29)(H,28,30). The van der Waals surface area contributed by atoms with E-state index in [-0.39, 0.29) is 11.5 Å². The zero-order chi connectivity index (χ0) is 20.7. The molecule has 7 heteroatoms. The molecule has 0 aliphatic carbocycles. The zero-order valence-corrected chi connectivity index (χ0v) is 15.6. The van der Waals surface area contributed by atoms with Crippen molar-refractivity contribution < 1.29 is 14.0 Å². The number of aromatic amines is 1. The largest absolute Gasteiger partial charge is 0.354 e. The average molecular weight is 398 g/mol. The molecule has 4 aromatic rings. The molecule has 5 rings (SSSR count). The Morgan fingerprint density at radius 2 is 1.83 bits per heavy atom. The second kappa shape index (κ2) is 6.97. The Bertz CT molecular complexity index is 1340. The number of hydrogen-bond acceptors (Lipinski definition) is 3. The molecule has 2 amide bonds. The van der Waals surface area contributed by atoms with Gasteiger partial charge in [-0.05, 0) is 35.9 Å². The molecule has 6 nitrogen and oxygen atoms in total. The first-order chi connectivity index (χ1) is 14.6. The van der Waals surface area contributed by atoms with E-state index in [1.807, 2.05) is 30.3 Å². The third kappa shape index (κ3) is 3.02. The lowest BCUT2D eigenvalue weighted by Gasteiger charge is -2.08. The monoisotopic (exact) mass is 398 g/mol. The van der Waals surface area contributed by atoms with Crippen molar-refractivity contribution in [3.63, 3.8) is 0 Å². The Hall–Kier alpha value is -4.26. The number of rotatable bonds is 3. The third-order valence-electron chi connectivity index (χ3n) is 4.95. The van der Waals surface area contributed by atoms with Crippen LogP contribution >= 0.6 is 0 Å². The van der Waals surface area contributed by atoms with E-state index in [1.54, 1.807) is 18.3 Å². The van der Waals surface area contributed by atoms with Crippen molar-refractivity contribution in [3.05, 3.63) is 89.2 Å². The van der Waals surface area contributed by atoms with Crippen LogP contribution in [0.5, 0.6) is 0 Å². The minimum Gasteiger partial charge on any atom is -0.354 e. The Morgan fingerprint density at radius 3 is 2.63 bits per heavy atom. The Morgan fingerprint density at radius 1 is 1.00 bits per heavy atom. The Labute approximate surface area is 170 Å². The summed E-state index contributed by atoms with van der Waals surface area (Å²) in [6.45, 7) is 0. The van der Waals surface area contributed by atoms with Gasteiger partial charge < -0.3 is 10.3 Å². The van der Waals surface area contributed by atoms with Crippen molar-refractivity contribution in [2.75, 3.05) is 5.32 Å². The Balaban J connectivity index is 1.64. The third-order valence-corrected chi connectivity index (χ3v) is 4.95. The number of halogens is 1. The lowest BCUT2D eigenvalue weighted by atomic mass is 10.0. The molecule has 0 spiro atoms. The minimum absolute atomic E-state index is 0.186. The molecule has 0 bridgehead atoms. The normalized spacial score (nSPS) is 12.5. The van der Waals surface area contributed by atoms with Crippen molar-refractivity contribution in [1.82, 2.24) is 10.4 Å². The van der Waals surface area contributed by atoms with Gasteiger partial charge in [-0.15, -0.1) is 0 Å². The quantitative estimate of drug-likeness (QED) is 0.480. The first-order valence-electron chi connectivity index (χ1n) is 9.25. The number of carbonyl (C=O) groups is 2. The molecule has 1 aliphatic heterocycles. The summed E-state index contributed by atoms with van der Waals surface area (Å²) in [6.07, 6.45) is 1.61. The maximum absolute atomic E-state index is 13.5. The molecule has 0 saturated heterocycles. The summed E-state index contributed by atoms with van der Waals surface area (Å²) < 4.78 is 13.5. The number of nitrogens with zero attached hydrogens (tertiary/aromatic N) is 1. The van der Waals surface area contributed by atoms with E-state index in [2.05, 4.69) is 20.8 Å². The average Bonchev–Trinajstić information content (AvgIpc) is 3.03. The summed E-state index contributed by atoms with van der Waals surface area (Å²) in [7, 11) is 0. The summed E-state index contributed by atoms with van der Waals surface area (Å²) in [4.78, 5) is 28.5. The number of amides is 2. The molecule has 0 unspecified atom stereocenters. The van der Waals surface area contributed by atoms with E-state index >= 15 is 0 Å². The second-order valence-corrected chi connectivity index (χ2v) is 6.89. The highest BCUT2D eigenvalue weighted by molar-refractivity contribution is 6.18. The SMILES string of the molecule is O=C(Nc1cc2c3c(c(-c4ccccc4)[nH]c3c1)C=NNC2=O)c1cccc(F)c1. The van der Waals surface area contributed by atoms with Crippen molar-refractivity contribution in [3.8, 4) is 11.3 Å². The first-order valence-corrected chi connectivity index (χ1v) is 9.25. The topological polar surface area (TPSA) is 86.3 Å². The molecule has 0 atom stereocenters. The summed E-state index contributed by atoms with van der Waals surface area (Å²) >= 11 is 0. The van der Waals surface area contributed by atoms with Crippen LogP contribution < -0.4 is 10.7 Å². The lowest BCUT2D eigenvalue weighted by molar-refractivity contribution is 0.0955. The number of hydrogen-bond donors (Lipinski definition) is 3.